The van der Waals surface area contributed by atoms with E-state index in [1.54, 1.807) is 31.2 Å². The topological polar surface area (TPSA) is 143 Å². The Morgan fingerprint density at radius 1 is 1.16 bits per heavy atom. The van der Waals surface area contributed by atoms with Crippen LogP contribution in [0.25, 0.3) is 17.1 Å². The van der Waals surface area contributed by atoms with E-state index in [1.165, 1.54) is 24.3 Å². The van der Waals surface area contributed by atoms with E-state index in [0.29, 0.717) is 27.6 Å². The molecule has 3 N–H and O–H groups in total. The average Bonchev–Trinajstić information content (AvgIpc) is 3.42. The van der Waals surface area contributed by atoms with Crippen LogP contribution in [0.3, 0.4) is 0 Å². The van der Waals surface area contributed by atoms with Crippen molar-refractivity contribution in [2.45, 2.75) is 32.3 Å². The fraction of sp³-hybridized carbons (Fsp3) is 0.261. The molecular formula is C23H21ClF3N7O4. The van der Waals surface area contributed by atoms with Crippen LogP contribution in [-0.2, 0) is 13.1 Å². The lowest BCUT2D eigenvalue weighted by molar-refractivity contribution is -0.207. The second-order valence-corrected chi connectivity index (χ2v) is 8.40. The number of nitrogens with zero attached hydrogens (tertiary/aromatic N) is 6. The summed E-state index contributed by atoms with van der Waals surface area (Å²) >= 11 is 5.90. The van der Waals surface area contributed by atoms with E-state index in [0.717, 1.165) is 9.36 Å². The molecule has 0 fully saturated rings. The molecule has 2 heterocycles. The summed E-state index contributed by atoms with van der Waals surface area (Å²) in [5.74, 6) is -1.00. The number of para-hydroxylation sites is 2. The minimum absolute atomic E-state index is 0.0733. The van der Waals surface area contributed by atoms with Crippen LogP contribution in [0, 0.1) is 0 Å². The lowest BCUT2D eigenvalue weighted by atomic mass is 10.2. The summed E-state index contributed by atoms with van der Waals surface area (Å²) in [6.45, 7) is 0.582. The number of halogens is 4. The smallest absolute Gasteiger partial charge is 0.416 e. The summed E-state index contributed by atoms with van der Waals surface area (Å²) in [5.41, 5.74) is 5.16. The fourth-order valence-electron chi connectivity index (χ4n) is 3.59. The quantitative estimate of drug-likeness (QED) is 0.325. The van der Waals surface area contributed by atoms with Crippen molar-refractivity contribution in [3.05, 3.63) is 75.7 Å². The van der Waals surface area contributed by atoms with Gasteiger partial charge in [0, 0.05) is 10.6 Å². The van der Waals surface area contributed by atoms with E-state index in [2.05, 4.69) is 15.2 Å². The van der Waals surface area contributed by atoms with Crippen LogP contribution >= 0.6 is 11.6 Å². The Morgan fingerprint density at radius 3 is 2.47 bits per heavy atom. The number of hydrogen-bond donors (Lipinski definition) is 2. The Balaban J connectivity index is 1.78. The Labute approximate surface area is 217 Å². The second kappa shape index (κ2) is 10.7. The molecule has 4 rings (SSSR count). The molecule has 11 nitrogen and oxygen atoms in total. The Hall–Kier alpha value is -4.17. The molecule has 0 spiro atoms. The van der Waals surface area contributed by atoms with Crippen molar-refractivity contribution in [3.8, 4) is 22.8 Å². The first-order valence-corrected chi connectivity index (χ1v) is 11.5. The second-order valence-electron chi connectivity index (χ2n) is 7.97. The fourth-order valence-corrected chi connectivity index (χ4v) is 3.72. The van der Waals surface area contributed by atoms with Gasteiger partial charge < -0.3 is 15.6 Å². The highest BCUT2D eigenvalue weighted by Crippen LogP contribution is 2.25. The van der Waals surface area contributed by atoms with E-state index in [4.69, 9.17) is 22.1 Å². The van der Waals surface area contributed by atoms with Gasteiger partial charge in [0.1, 0.15) is 18.0 Å². The molecule has 200 valence electrons. The predicted octanol–water partition coefficient (Wildman–Crippen LogP) is 2.41. The number of rotatable bonds is 9. The number of benzene rings is 2. The minimum Gasteiger partial charge on any atom is -0.492 e. The average molecular weight is 552 g/mol. The number of carbonyl (C=O) groups excluding carboxylic acids is 1. The molecule has 0 unspecified atom stereocenters. The molecule has 2 aromatic carbocycles. The normalized spacial score (nSPS) is 12.5. The zero-order valence-electron chi connectivity index (χ0n) is 19.8. The summed E-state index contributed by atoms with van der Waals surface area (Å²) in [6.07, 6.45) is -7.79. The summed E-state index contributed by atoms with van der Waals surface area (Å²) < 4.78 is 47.5. The molecule has 0 saturated carbocycles. The Morgan fingerprint density at radius 2 is 1.84 bits per heavy atom. The van der Waals surface area contributed by atoms with E-state index in [9.17, 15) is 27.9 Å². The zero-order chi connectivity index (χ0) is 27.6. The number of carbonyl (C=O) groups is 1. The molecule has 0 aliphatic carbocycles. The van der Waals surface area contributed by atoms with Gasteiger partial charge in [-0.3, -0.25) is 9.36 Å². The number of aliphatic hydroxyl groups is 1. The molecule has 0 aliphatic rings. The van der Waals surface area contributed by atoms with Gasteiger partial charge in [-0.15, -0.1) is 10.2 Å². The van der Waals surface area contributed by atoms with Crippen molar-refractivity contribution >= 4 is 17.5 Å². The summed E-state index contributed by atoms with van der Waals surface area (Å²) in [6, 6.07) is 12.6. The number of aromatic nitrogens is 6. The zero-order valence-corrected chi connectivity index (χ0v) is 20.5. The van der Waals surface area contributed by atoms with Gasteiger partial charge in [0.05, 0.1) is 13.2 Å². The van der Waals surface area contributed by atoms with Gasteiger partial charge in [-0.1, -0.05) is 23.7 Å². The first kappa shape index (κ1) is 26.9. The van der Waals surface area contributed by atoms with Crippen LogP contribution in [-0.4, -0.2) is 59.0 Å². The highest BCUT2D eigenvalue weighted by Gasteiger charge is 2.39. The number of primary amides is 1. The van der Waals surface area contributed by atoms with Crippen molar-refractivity contribution in [3.63, 3.8) is 0 Å². The third kappa shape index (κ3) is 5.55. The van der Waals surface area contributed by atoms with Gasteiger partial charge in [-0.25, -0.2) is 19.1 Å². The van der Waals surface area contributed by atoms with Crippen molar-refractivity contribution < 1.29 is 27.8 Å². The highest BCUT2D eigenvalue weighted by atomic mass is 35.5. The van der Waals surface area contributed by atoms with Crippen molar-refractivity contribution in [1.29, 1.82) is 0 Å². The molecule has 15 heteroatoms. The molecule has 38 heavy (non-hydrogen) atoms. The summed E-state index contributed by atoms with van der Waals surface area (Å²) in [7, 11) is 0. The van der Waals surface area contributed by atoms with E-state index >= 15 is 0 Å². The maximum Gasteiger partial charge on any atom is 0.416 e. The third-order valence-electron chi connectivity index (χ3n) is 5.31. The van der Waals surface area contributed by atoms with Crippen LogP contribution in [0.5, 0.6) is 5.75 Å². The van der Waals surface area contributed by atoms with Gasteiger partial charge in [-0.05, 0) is 43.3 Å². The van der Waals surface area contributed by atoms with Gasteiger partial charge in [0.15, 0.2) is 17.8 Å². The van der Waals surface area contributed by atoms with E-state index in [-0.39, 0.29) is 23.0 Å². The SMILES string of the molecule is CCOc1ccccc1-n1nc(Cn2nc(-c3ccc(Cl)cc3)n(C[C@H](O)C(F)(F)F)c2=O)nc1C(N)=O. The highest BCUT2D eigenvalue weighted by molar-refractivity contribution is 6.30. The number of aliphatic hydroxyl groups excluding tert-OH is 1. The molecule has 0 aliphatic heterocycles. The first-order chi connectivity index (χ1) is 18.0. The van der Waals surface area contributed by atoms with Crippen molar-refractivity contribution in [2.24, 2.45) is 5.73 Å². The number of nitrogens with two attached hydrogens (primary N) is 1. The molecule has 0 saturated heterocycles. The maximum atomic E-state index is 13.1. The van der Waals surface area contributed by atoms with Gasteiger partial charge in [0.2, 0.25) is 5.82 Å². The van der Waals surface area contributed by atoms with Crippen LogP contribution in [0.4, 0.5) is 13.2 Å². The van der Waals surface area contributed by atoms with Crippen LogP contribution < -0.4 is 16.2 Å². The molecule has 4 aromatic rings. The lowest BCUT2D eigenvalue weighted by Crippen LogP contribution is -2.37. The van der Waals surface area contributed by atoms with Crippen LogP contribution in [0.1, 0.15) is 23.4 Å². The molecule has 2 aromatic heterocycles. The molecule has 0 radical (unpaired) electrons. The largest absolute Gasteiger partial charge is 0.492 e. The number of ether oxygens (including phenoxy) is 1. The van der Waals surface area contributed by atoms with E-state index < -0.39 is 37.0 Å². The Kier molecular flexibility index (Phi) is 7.55. The third-order valence-corrected chi connectivity index (χ3v) is 5.57. The van der Waals surface area contributed by atoms with Gasteiger partial charge in [0.25, 0.3) is 5.91 Å². The van der Waals surface area contributed by atoms with Gasteiger partial charge >= 0.3 is 11.9 Å². The molecule has 0 bridgehead atoms. The summed E-state index contributed by atoms with van der Waals surface area (Å²) in [4.78, 5) is 29.3. The summed E-state index contributed by atoms with van der Waals surface area (Å²) in [5, 5.41) is 18.4. The molecule has 1 atom stereocenters. The predicted molar refractivity (Wildman–Crippen MR) is 129 cm³/mol. The standard InChI is InChI=1S/C23H21ClF3N7O4/c1-2-38-16-6-4-3-5-15(16)34-21(19(28)36)29-18(30-34)12-33-22(37)32(11-17(35)23(25,26)27)20(31-33)13-7-9-14(24)10-8-13/h3-10,17,35H,2,11-12H2,1H3,(H2,28,36)/t17-/m0/s1. The number of hydrogen-bond acceptors (Lipinski definition) is 7. The van der Waals surface area contributed by atoms with Gasteiger partial charge in [-0.2, -0.15) is 13.2 Å². The van der Waals surface area contributed by atoms with E-state index in [1.807, 2.05) is 0 Å². The Bertz CT molecular complexity index is 1510. The van der Waals surface area contributed by atoms with Crippen LogP contribution in [0.15, 0.2) is 53.3 Å². The lowest BCUT2D eigenvalue weighted by Gasteiger charge is -2.15. The molecular weight excluding hydrogens is 531 g/mol. The van der Waals surface area contributed by atoms with Crippen LogP contribution in [0.2, 0.25) is 5.02 Å². The molecule has 1 amide bonds. The maximum absolute atomic E-state index is 13.1. The first-order valence-electron chi connectivity index (χ1n) is 11.2. The number of amides is 1. The van der Waals surface area contributed by atoms with Crippen molar-refractivity contribution in [2.75, 3.05) is 6.61 Å². The minimum atomic E-state index is -4.97. The monoisotopic (exact) mass is 551 g/mol. The van der Waals surface area contributed by atoms with Crippen molar-refractivity contribution in [1.82, 2.24) is 29.1 Å². The number of alkyl halides is 3.